The van der Waals surface area contributed by atoms with Crippen molar-refractivity contribution < 1.29 is 9.84 Å². The van der Waals surface area contributed by atoms with E-state index in [1.807, 2.05) is 18.2 Å². The van der Waals surface area contributed by atoms with Gasteiger partial charge >= 0.3 is 0 Å². The Morgan fingerprint density at radius 3 is 2.45 bits per heavy atom. The number of benzene rings is 1. The Bertz CT molecular complexity index is 582. The fourth-order valence-corrected chi connectivity index (χ4v) is 2.99. The third-order valence-corrected chi connectivity index (χ3v) is 4.26. The van der Waals surface area contributed by atoms with Gasteiger partial charge < -0.3 is 9.84 Å². The lowest BCUT2D eigenvalue weighted by Gasteiger charge is -2.45. The molecule has 1 aliphatic rings. The molecule has 1 atom stereocenters. The number of ether oxygens (including phenoxy) is 1. The zero-order chi connectivity index (χ0) is 14.0. The van der Waals surface area contributed by atoms with Crippen LogP contribution in [0.5, 0.6) is 5.88 Å². The van der Waals surface area contributed by atoms with Crippen molar-refractivity contribution in [2.24, 2.45) is 0 Å². The Morgan fingerprint density at radius 2 is 1.85 bits per heavy atom. The fourth-order valence-electron chi connectivity index (χ4n) is 2.99. The van der Waals surface area contributed by atoms with Crippen molar-refractivity contribution in [1.29, 1.82) is 0 Å². The number of methoxy groups -OCH3 is 1. The molecule has 0 spiro atoms. The van der Waals surface area contributed by atoms with Crippen molar-refractivity contribution in [3.8, 4) is 5.88 Å². The summed E-state index contributed by atoms with van der Waals surface area (Å²) in [6.45, 7) is 0. The van der Waals surface area contributed by atoms with Crippen molar-refractivity contribution >= 4 is 0 Å². The molecule has 0 bridgehead atoms. The first-order chi connectivity index (χ1) is 9.78. The Balaban J connectivity index is 2.01. The van der Waals surface area contributed by atoms with Crippen LogP contribution in [0.4, 0.5) is 0 Å². The minimum absolute atomic E-state index is 0.259. The van der Waals surface area contributed by atoms with E-state index in [9.17, 15) is 5.11 Å². The average molecular weight is 270 g/mol. The molecule has 4 nitrogen and oxygen atoms in total. The summed E-state index contributed by atoms with van der Waals surface area (Å²) in [5.41, 5.74) is 1.43. The molecule has 20 heavy (non-hydrogen) atoms. The van der Waals surface area contributed by atoms with Gasteiger partial charge in [0.05, 0.1) is 7.11 Å². The third-order valence-electron chi connectivity index (χ3n) is 4.26. The first-order valence-corrected chi connectivity index (χ1v) is 6.86. The molecule has 1 aromatic heterocycles. The van der Waals surface area contributed by atoms with E-state index in [2.05, 4.69) is 22.1 Å². The lowest BCUT2D eigenvalue weighted by Crippen LogP contribution is -2.41. The van der Waals surface area contributed by atoms with E-state index < -0.39 is 6.10 Å². The van der Waals surface area contributed by atoms with Crippen molar-refractivity contribution in [3.05, 3.63) is 54.0 Å². The van der Waals surface area contributed by atoms with Crippen LogP contribution in [0.25, 0.3) is 0 Å². The Morgan fingerprint density at radius 1 is 1.15 bits per heavy atom. The average Bonchev–Trinajstić information content (AvgIpc) is 2.47. The molecule has 1 saturated carbocycles. The van der Waals surface area contributed by atoms with Crippen LogP contribution >= 0.6 is 0 Å². The highest BCUT2D eigenvalue weighted by atomic mass is 16.5. The van der Waals surface area contributed by atoms with Crippen molar-refractivity contribution in [2.75, 3.05) is 7.11 Å². The maximum atomic E-state index is 10.9. The smallest absolute Gasteiger partial charge is 0.238 e. The van der Waals surface area contributed by atoms with E-state index in [4.69, 9.17) is 4.74 Å². The molecule has 1 unspecified atom stereocenters. The molecule has 1 aromatic carbocycles. The highest BCUT2D eigenvalue weighted by Gasteiger charge is 2.47. The van der Waals surface area contributed by atoms with Crippen LogP contribution in [0.3, 0.4) is 0 Å². The standard InChI is InChI=1S/C16H18N2O2/c1-20-15-13(17-10-11-18-15)14(19)16(8-5-9-16)12-6-3-2-4-7-12/h2-4,6-7,10-11,14,19H,5,8-9H2,1H3. The van der Waals surface area contributed by atoms with Crippen molar-refractivity contribution in [1.82, 2.24) is 9.97 Å². The molecule has 1 aliphatic carbocycles. The number of rotatable bonds is 4. The van der Waals surface area contributed by atoms with Crippen LogP contribution in [-0.2, 0) is 5.41 Å². The molecule has 2 aromatic rings. The number of hydrogen-bond acceptors (Lipinski definition) is 4. The first-order valence-electron chi connectivity index (χ1n) is 6.86. The molecule has 104 valence electrons. The van der Waals surface area contributed by atoms with Gasteiger partial charge in [-0.3, -0.25) is 4.98 Å². The summed E-state index contributed by atoms with van der Waals surface area (Å²) in [5.74, 6) is 0.405. The van der Waals surface area contributed by atoms with E-state index in [1.165, 1.54) is 0 Å². The van der Waals surface area contributed by atoms with E-state index >= 15 is 0 Å². The Labute approximate surface area is 118 Å². The molecule has 0 saturated heterocycles. The monoisotopic (exact) mass is 270 g/mol. The minimum Gasteiger partial charge on any atom is -0.480 e. The number of hydrogen-bond donors (Lipinski definition) is 1. The molecule has 0 radical (unpaired) electrons. The summed E-state index contributed by atoms with van der Waals surface area (Å²) in [6.07, 6.45) is 5.51. The van der Waals surface area contributed by atoms with Crippen molar-refractivity contribution in [3.63, 3.8) is 0 Å². The summed E-state index contributed by atoms with van der Waals surface area (Å²) in [7, 11) is 1.55. The largest absolute Gasteiger partial charge is 0.480 e. The summed E-state index contributed by atoms with van der Waals surface area (Å²) in [4.78, 5) is 8.42. The summed E-state index contributed by atoms with van der Waals surface area (Å²) < 4.78 is 5.23. The molecule has 3 rings (SSSR count). The quantitative estimate of drug-likeness (QED) is 0.928. The molecular weight excluding hydrogens is 252 g/mol. The molecule has 4 heteroatoms. The normalized spacial score (nSPS) is 18.1. The molecule has 1 N–H and O–H groups in total. The van der Waals surface area contributed by atoms with Crippen LogP contribution in [0.15, 0.2) is 42.7 Å². The molecule has 0 aliphatic heterocycles. The topological polar surface area (TPSA) is 55.2 Å². The van der Waals surface area contributed by atoms with Crippen LogP contribution in [0.2, 0.25) is 0 Å². The lowest BCUT2D eigenvalue weighted by atomic mass is 9.60. The second-order valence-electron chi connectivity index (χ2n) is 5.23. The van der Waals surface area contributed by atoms with Crippen LogP contribution in [0, 0.1) is 0 Å². The van der Waals surface area contributed by atoms with Crippen LogP contribution < -0.4 is 4.74 Å². The van der Waals surface area contributed by atoms with Gasteiger partial charge in [0.25, 0.3) is 0 Å². The predicted molar refractivity (Wildman–Crippen MR) is 75.5 cm³/mol. The Kier molecular flexibility index (Phi) is 3.40. The summed E-state index contributed by atoms with van der Waals surface area (Å²) in [6, 6.07) is 10.2. The number of aromatic nitrogens is 2. The van der Waals surface area contributed by atoms with Crippen LogP contribution in [-0.4, -0.2) is 22.2 Å². The number of aliphatic hydroxyl groups is 1. The zero-order valence-corrected chi connectivity index (χ0v) is 11.5. The predicted octanol–water partition coefficient (Wildman–Crippen LogP) is 2.64. The second-order valence-corrected chi connectivity index (χ2v) is 5.23. The van der Waals surface area contributed by atoms with Gasteiger partial charge in [-0.2, -0.15) is 0 Å². The second kappa shape index (κ2) is 5.21. The van der Waals surface area contributed by atoms with Gasteiger partial charge in [0.15, 0.2) is 0 Å². The van der Waals surface area contributed by atoms with Crippen LogP contribution in [0.1, 0.15) is 36.6 Å². The SMILES string of the molecule is COc1nccnc1C(O)C1(c2ccccc2)CCC1. The van der Waals surface area contributed by atoms with Gasteiger partial charge in [-0.25, -0.2) is 4.98 Å². The highest BCUT2D eigenvalue weighted by molar-refractivity contribution is 5.34. The summed E-state index contributed by atoms with van der Waals surface area (Å²) in [5, 5.41) is 10.9. The van der Waals surface area contributed by atoms with E-state index in [-0.39, 0.29) is 5.41 Å². The van der Waals surface area contributed by atoms with Gasteiger partial charge in [-0.1, -0.05) is 36.8 Å². The maximum absolute atomic E-state index is 10.9. The van der Waals surface area contributed by atoms with Gasteiger partial charge in [-0.05, 0) is 18.4 Å². The van der Waals surface area contributed by atoms with Crippen molar-refractivity contribution in [2.45, 2.75) is 30.8 Å². The number of aliphatic hydroxyl groups excluding tert-OH is 1. The van der Waals surface area contributed by atoms with Gasteiger partial charge in [0.2, 0.25) is 5.88 Å². The van der Waals surface area contributed by atoms with E-state index in [0.717, 1.165) is 24.8 Å². The molecule has 0 amide bonds. The molecule has 1 fully saturated rings. The minimum atomic E-state index is -0.692. The summed E-state index contributed by atoms with van der Waals surface area (Å²) >= 11 is 0. The molecule has 1 heterocycles. The number of nitrogens with zero attached hydrogens (tertiary/aromatic N) is 2. The fraction of sp³-hybridized carbons (Fsp3) is 0.375. The lowest BCUT2D eigenvalue weighted by molar-refractivity contribution is 0.0215. The van der Waals surface area contributed by atoms with E-state index in [1.54, 1.807) is 19.5 Å². The third kappa shape index (κ3) is 1.96. The van der Waals surface area contributed by atoms with Gasteiger partial charge in [0.1, 0.15) is 11.8 Å². The molecular formula is C16H18N2O2. The van der Waals surface area contributed by atoms with Gasteiger partial charge in [-0.15, -0.1) is 0 Å². The van der Waals surface area contributed by atoms with Gasteiger partial charge in [0, 0.05) is 17.8 Å². The highest BCUT2D eigenvalue weighted by Crippen LogP contribution is 2.52. The Hall–Kier alpha value is -1.94. The first kappa shape index (κ1) is 13.1. The maximum Gasteiger partial charge on any atom is 0.238 e. The zero-order valence-electron chi connectivity index (χ0n) is 11.5. The van der Waals surface area contributed by atoms with E-state index in [0.29, 0.717) is 11.6 Å².